The second kappa shape index (κ2) is 6.78. The van der Waals surface area contributed by atoms with Crippen molar-refractivity contribution in [2.75, 3.05) is 0 Å². The van der Waals surface area contributed by atoms with Crippen LogP contribution in [0.4, 0.5) is 0 Å². The van der Waals surface area contributed by atoms with E-state index in [0.717, 1.165) is 22.3 Å². The minimum atomic E-state index is -0.470. The topological polar surface area (TPSA) is 29.5 Å². The number of hydrogen-bond acceptors (Lipinski definition) is 2. The Hall–Kier alpha value is -2.42. The van der Waals surface area contributed by atoms with Crippen LogP contribution in [0, 0.1) is 13.8 Å². The molecule has 3 rings (SSSR count). The van der Waals surface area contributed by atoms with E-state index in [1.807, 2.05) is 43.3 Å². The number of rotatable bonds is 4. The summed E-state index contributed by atoms with van der Waals surface area (Å²) in [6.45, 7) is 4.11. The van der Waals surface area contributed by atoms with Crippen LogP contribution in [0.15, 0.2) is 72.8 Å². The maximum absolute atomic E-state index is 9.34. The van der Waals surface area contributed by atoms with Gasteiger partial charge >= 0.3 is 0 Å². The lowest BCUT2D eigenvalue weighted by Gasteiger charge is -2.15. The fourth-order valence-corrected chi connectivity index (χ4v) is 2.74. The van der Waals surface area contributed by atoms with Crippen LogP contribution in [0.3, 0.4) is 0 Å². The molecule has 116 valence electrons. The summed E-state index contributed by atoms with van der Waals surface area (Å²) < 4.78 is 0. The summed E-state index contributed by atoms with van der Waals surface area (Å²) in [6, 6.07) is 24.5. The second-order valence-electron chi connectivity index (χ2n) is 5.89. The van der Waals surface area contributed by atoms with Crippen molar-refractivity contribution in [3.8, 4) is 11.1 Å². The SMILES string of the molecule is Cc1ccc(-c2ccc(C(OO)c3cccc(C)c3)cc2)cc1. The molecule has 1 unspecified atom stereocenters. The van der Waals surface area contributed by atoms with Gasteiger partial charge in [0.15, 0.2) is 0 Å². The summed E-state index contributed by atoms with van der Waals surface area (Å²) >= 11 is 0. The van der Waals surface area contributed by atoms with E-state index < -0.39 is 6.10 Å². The fourth-order valence-electron chi connectivity index (χ4n) is 2.74. The van der Waals surface area contributed by atoms with E-state index in [0.29, 0.717) is 0 Å². The molecule has 0 bridgehead atoms. The molecule has 3 aromatic carbocycles. The molecule has 23 heavy (non-hydrogen) atoms. The summed E-state index contributed by atoms with van der Waals surface area (Å²) in [5, 5.41) is 9.34. The summed E-state index contributed by atoms with van der Waals surface area (Å²) in [7, 11) is 0. The normalized spacial score (nSPS) is 12.1. The van der Waals surface area contributed by atoms with Gasteiger partial charge in [0.05, 0.1) is 0 Å². The third-order valence-electron chi connectivity index (χ3n) is 4.05. The Kier molecular flexibility index (Phi) is 4.56. The van der Waals surface area contributed by atoms with Crippen molar-refractivity contribution in [3.05, 3.63) is 95.1 Å². The lowest BCUT2D eigenvalue weighted by atomic mass is 9.97. The van der Waals surface area contributed by atoms with Crippen LogP contribution in [0.5, 0.6) is 0 Å². The van der Waals surface area contributed by atoms with Gasteiger partial charge in [-0.25, -0.2) is 4.89 Å². The van der Waals surface area contributed by atoms with Gasteiger partial charge in [-0.1, -0.05) is 83.9 Å². The van der Waals surface area contributed by atoms with Gasteiger partial charge < -0.3 is 0 Å². The highest BCUT2D eigenvalue weighted by Crippen LogP contribution is 2.28. The molecule has 0 saturated heterocycles. The van der Waals surface area contributed by atoms with Crippen molar-refractivity contribution in [3.63, 3.8) is 0 Å². The third-order valence-corrected chi connectivity index (χ3v) is 4.05. The summed E-state index contributed by atoms with van der Waals surface area (Å²) in [4.78, 5) is 4.74. The van der Waals surface area contributed by atoms with E-state index in [2.05, 4.69) is 43.3 Å². The first-order valence-electron chi connectivity index (χ1n) is 7.71. The first-order valence-corrected chi connectivity index (χ1v) is 7.71. The Labute approximate surface area is 136 Å². The van der Waals surface area contributed by atoms with E-state index in [4.69, 9.17) is 4.89 Å². The average Bonchev–Trinajstić information content (AvgIpc) is 2.57. The van der Waals surface area contributed by atoms with Crippen LogP contribution in [0.25, 0.3) is 11.1 Å². The summed E-state index contributed by atoms with van der Waals surface area (Å²) in [5.41, 5.74) is 6.58. The van der Waals surface area contributed by atoms with Gasteiger partial charge in [0.2, 0.25) is 0 Å². The molecule has 3 aromatic rings. The van der Waals surface area contributed by atoms with E-state index in [-0.39, 0.29) is 0 Å². The van der Waals surface area contributed by atoms with Gasteiger partial charge in [-0.3, -0.25) is 5.26 Å². The summed E-state index contributed by atoms with van der Waals surface area (Å²) in [6.07, 6.45) is -0.470. The predicted molar refractivity (Wildman–Crippen MR) is 93.4 cm³/mol. The zero-order valence-corrected chi connectivity index (χ0v) is 13.4. The molecule has 0 saturated carbocycles. The van der Waals surface area contributed by atoms with Gasteiger partial charge in [0, 0.05) is 0 Å². The Morgan fingerprint density at radius 3 is 1.87 bits per heavy atom. The van der Waals surface area contributed by atoms with Crippen LogP contribution in [-0.2, 0) is 4.89 Å². The molecule has 0 heterocycles. The van der Waals surface area contributed by atoms with E-state index in [1.54, 1.807) is 0 Å². The van der Waals surface area contributed by atoms with Gasteiger partial charge in [-0.2, -0.15) is 0 Å². The molecule has 0 aromatic heterocycles. The zero-order valence-electron chi connectivity index (χ0n) is 13.4. The minimum absolute atomic E-state index is 0.470. The molecule has 1 atom stereocenters. The highest BCUT2D eigenvalue weighted by Gasteiger charge is 2.15. The standard InChI is InChI=1S/C21H20O2/c1-15-6-8-17(9-7-15)18-10-12-19(13-11-18)21(23-22)20-5-3-4-16(2)14-20/h3-14,21-22H,1-2H3. The summed E-state index contributed by atoms with van der Waals surface area (Å²) in [5.74, 6) is 0. The molecule has 0 aliphatic rings. The lowest BCUT2D eigenvalue weighted by molar-refractivity contribution is -0.270. The molecule has 1 N–H and O–H groups in total. The Morgan fingerprint density at radius 1 is 0.696 bits per heavy atom. The molecular weight excluding hydrogens is 284 g/mol. The monoisotopic (exact) mass is 304 g/mol. The second-order valence-corrected chi connectivity index (χ2v) is 5.89. The Balaban J connectivity index is 1.89. The van der Waals surface area contributed by atoms with Crippen LogP contribution >= 0.6 is 0 Å². The first kappa shape index (κ1) is 15.5. The van der Waals surface area contributed by atoms with Gasteiger partial charge in [-0.15, -0.1) is 0 Å². The van der Waals surface area contributed by atoms with Crippen molar-refractivity contribution in [1.82, 2.24) is 0 Å². The smallest absolute Gasteiger partial charge is 0.143 e. The van der Waals surface area contributed by atoms with E-state index >= 15 is 0 Å². The van der Waals surface area contributed by atoms with Crippen LogP contribution in [0.1, 0.15) is 28.4 Å². The minimum Gasteiger partial charge on any atom is -0.251 e. The van der Waals surface area contributed by atoms with Gasteiger partial charge in [0.25, 0.3) is 0 Å². The van der Waals surface area contributed by atoms with Gasteiger partial charge in [-0.05, 0) is 36.1 Å². The third kappa shape index (κ3) is 3.50. The van der Waals surface area contributed by atoms with Gasteiger partial charge in [0.1, 0.15) is 6.10 Å². The number of hydrogen-bond donors (Lipinski definition) is 1. The van der Waals surface area contributed by atoms with Crippen LogP contribution in [-0.4, -0.2) is 5.26 Å². The first-order chi connectivity index (χ1) is 11.2. The van der Waals surface area contributed by atoms with E-state index in [1.165, 1.54) is 11.1 Å². The molecule has 0 aliphatic carbocycles. The molecule has 2 nitrogen and oxygen atoms in total. The number of aryl methyl sites for hydroxylation is 2. The van der Waals surface area contributed by atoms with E-state index in [9.17, 15) is 5.26 Å². The highest BCUT2D eigenvalue weighted by molar-refractivity contribution is 5.64. The Bertz CT molecular complexity index is 774. The Morgan fingerprint density at radius 2 is 1.30 bits per heavy atom. The fraction of sp³-hybridized carbons (Fsp3) is 0.143. The van der Waals surface area contributed by atoms with Crippen LogP contribution in [0.2, 0.25) is 0 Å². The van der Waals surface area contributed by atoms with Crippen molar-refractivity contribution in [2.45, 2.75) is 20.0 Å². The van der Waals surface area contributed by atoms with Crippen molar-refractivity contribution in [1.29, 1.82) is 0 Å². The lowest BCUT2D eigenvalue weighted by Crippen LogP contribution is -2.04. The number of benzene rings is 3. The maximum Gasteiger partial charge on any atom is 0.143 e. The average molecular weight is 304 g/mol. The molecule has 2 heteroatoms. The maximum atomic E-state index is 9.34. The molecule has 0 radical (unpaired) electrons. The quantitative estimate of drug-likeness (QED) is 0.506. The van der Waals surface area contributed by atoms with Crippen molar-refractivity contribution < 1.29 is 10.1 Å². The van der Waals surface area contributed by atoms with Crippen molar-refractivity contribution in [2.24, 2.45) is 0 Å². The van der Waals surface area contributed by atoms with Crippen LogP contribution < -0.4 is 0 Å². The molecule has 0 amide bonds. The molecule has 0 spiro atoms. The molecule has 0 aliphatic heterocycles. The van der Waals surface area contributed by atoms with Crippen molar-refractivity contribution >= 4 is 0 Å². The molecular formula is C21H20O2. The zero-order chi connectivity index (χ0) is 16.2. The largest absolute Gasteiger partial charge is 0.251 e. The predicted octanol–water partition coefficient (Wildman–Crippen LogP) is 5.55. The molecule has 0 fully saturated rings. The highest BCUT2D eigenvalue weighted by atomic mass is 17.1.